The van der Waals surface area contributed by atoms with Gasteiger partial charge < -0.3 is 16.2 Å². The summed E-state index contributed by atoms with van der Waals surface area (Å²) < 4.78 is 5.39. The lowest BCUT2D eigenvalue weighted by atomic mass is 10.1. The molecule has 6 nitrogen and oxygen atoms in total. The van der Waals surface area contributed by atoms with E-state index in [1.165, 1.54) is 0 Å². The number of nitrogens with two attached hydrogens (primary N) is 2. The molecule has 1 rings (SSSR count). The van der Waals surface area contributed by atoms with Crippen molar-refractivity contribution < 1.29 is 4.74 Å². The highest BCUT2D eigenvalue weighted by atomic mass is 16.5. The van der Waals surface area contributed by atoms with Gasteiger partial charge in [0, 0.05) is 12.1 Å². The van der Waals surface area contributed by atoms with Crippen LogP contribution in [0.3, 0.4) is 0 Å². The standard InChI is InChI=1S/C14H23N5O/c1-4-19(5-2)10-12-8-11(6-7-13(12)20-3)9-17-18-14(15)16/h6-9H,4-5,10H2,1-3H3,(H4,15,16,18). The third-order valence-electron chi connectivity index (χ3n) is 2.97. The van der Waals surface area contributed by atoms with Gasteiger partial charge in [0.2, 0.25) is 5.96 Å². The predicted molar refractivity (Wildman–Crippen MR) is 83.0 cm³/mol. The van der Waals surface area contributed by atoms with E-state index in [0.29, 0.717) is 0 Å². The van der Waals surface area contributed by atoms with Crippen molar-refractivity contribution in [3.8, 4) is 5.75 Å². The van der Waals surface area contributed by atoms with Crippen LogP contribution in [0, 0.1) is 0 Å². The number of rotatable bonds is 7. The molecule has 1 aromatic carbocycles. The van der Waals surface area contributed by atoms with Gasteiger partial charge in [-0.25, -0.2) is 0 Å². The Balaban J connectivity index is 2.96. The topological polar surface area (TPSA) is 89.2 Å². The van der Waals surface area contributed by atoms with E-state index in [1.807, 2.05) is 18.2 Å². The first-order valence-corrected chi connectivity index (χ1v) is 6.61. The largest absolute Gasteiger partial charge is 0.496 e. The molecule has 0 atom stereocenters. The van der Waals surface area contributed by atoms with E-state index in [0.717, 1.165) is 36.5 Å². The van der Waals surface area contributed by atoms with Gasteiger partial charge in [0.15, 0.2) is 0 Å². The molecule has 0 saturated carbocycles. The number of nitrogens with zero attached hydrogens (tertiary/aromatic N) is 3. The Hall–Kier alpha value is -2.08. The Morgan fingerprint density at radius 3 is 2.55 bits per heavy atom. The fraction of sp³-hybridized carbons (Fsp3) is 0.429. The zero-order chi connectivity index (χ0) is 15.0. The van der Waals surface area contributed by atoms with Crippen molar-refractivity contribution in [1.29, 1.82) is 0 Å². The van der Waals surface area contributed by atoms with Crippen LogP contribution in [0.5, 0.6) is 5.75 Å². The molecule has 0 bridgehead atoms. The number of hydrogen-bond donors (Lipinski definition) is 2. The summed E-state index contributed by atoms with van der Waals surface area (Å²) in [5.74, 6) is 0.814. The van der Waals surface area contributed by atoms with Crippen LogP contribution in [-0.4, -0.2) is 37.3 Å². The first-order chi connectivity index (χ1) is 9.60. The van der Waals surface area contributed by atoms with Crippen LogP contribution in [0.2, 0.25) is 0 Å². The Morgan fingerprint density at radius 2 is 2.00 bits per heavy atom. The maximum atomic E-state index is 5.39. The van der Waals surface area contributed by atoms with Gasteiger partial charge in [-0.05, 0) is 36.9 Å². The minimum absolute atomic E-state index is 0.0573. The maximum Gasteiger partial charge on any atom is 0.211 e. The van der Waals surface area contributed by atoms with Crippen LogP contribution in [0.1, 0.15) is 25.0 Å². The zero-order valence-electron chi connectivity index (χ0n) is 12.3. The molecule has 0 aromatic heterocycles. The van der Waals surface area contributed by atoms with Crippen molar-refractivity contribution in [2.24, 2.45) is 21.7 Å². The molecule has 0 saturated heterocycles. The van der Waals surface area contributed by atoms with Crippen molar-refractivity contribution in [3.63, 3.8) is 0 Å². The lowest BCUT2D eigenvalue weighted by molar-refractivity contribution is 0.289. The molecule has 0 aliphatic heterocycles. The summed E-state index contributed by atoms with van der Waals surface area (Å²) in [5.41, 5.74) is 12.5. The molecule has 0 amide bonds. The van der Waals surface area contributed by atoms with E-state index in [2.05, 4.69) is 29.0 Å². The number of benzene rings is 1. The van der Waals surface area contributed by atoms with Gasteiger partial charge in [0.05, 0.1) is 13.3 Å². The summed E-state index contributed by atoms with van der Waals surface area (Å²) in [7, 11) is 1.67. The van der Waals surface area contributed by atoms with Gasteiger partial charge in [-0.3, -0.25) is 4.90 Å². The van der Waals surface area contributed by atoms with E-state index in [-0.39, 0.29) is 5.96 Å². The second-order valence-electron chi connectivity index (χ2n) is 4.30. The molecular weight excluding hydrogens is 254 g/mol. The summed E-state index contributed by atoms with van der Waals surface area (Å²) >= 11 is 0. The summed E-state index contributed by atoms with van der Waals surface area (Å²) in [4.78, 5) is 2.31. The molecule has 1 aromatic rings. The number of hydrogen-bond acceptors (Lipinski definition) is 4. The van der Waals surface area contributed by atoms with E-state index in [9.17, 15) is 0 Å². The fourth-order valence-electron chi connectivity index (χ4n) is 1.85. The summed E-state index contributed by atoms with van der Waals surface area (Å²) in [5, 5.41) is 7.40. The highest BCUT2D eigenvalue weighted by Crippen LogP contribution is 2.21. The quantitative estimate of drug-likeness (QED) is 0.444. The van der Waals surface area contributed by atoms with Crippen LogP contribution >= 0.6 is 0 Å². The Bertz CT molecular complexity index is 476. The SMILES string of the molecule is CCN(CC)Cc1cc(C=NN=C(N)N)ccc1OC. The third kappa shape index (κ3) is 4.89. The van der Waals surface area contributed by atoms with Crippen LogP contribution in [0.4, 0.5) is 0 Å². The Morgan fingerprint density at radius 1 is 1.30 bits per heavy atom. The molecule has 0 unspecified atom stereocenters. The second kappa shape index (κ2) is 8.16. The first-order valence-electron chi connectivity index (χ1n) is 6.61. The van der Waals surface area contributed by atoms with E-state index < -0.39 is 0 Å². The van der Waals surface area contributed by atoms with Crippen molar-refractivity contribution in [2.75, 3.05) is 20.2 Å². The predicted octanol–water partition coefficient (Wildman–Crippen LogP) is 1.14. The molecule has 0 aliphatic carbocycles. The molecular formula is C14H23N5O. The number of guanidine groups is 1. The summed E-state index contributed by atoms with van der Waals surface area (Å²) in [6, 6.07) is 5.87. The molecule has 0 fully saturated rings. The van der Waals surface area contributed by atoms with Crippen molar-refractivity contribution in [2.45, 2.75) is 20.4 Å². The highest BCUT2D eigenvalue weighted by Gasteiger charge is 2.07. The third-order valence-corrected chi connectivity index (χ3v) is 2.97. The number of methoxy groups -OCH3 is 1. The maximum absolute atomic E-state index is 5.39. The van der Waals surface area contributed by atoms with Gasteiger partial charge in [0.25, 0.3) is 0 Å². The zero-order valence-corrected chi connectivity index (χ0v) is 12.3. The number of ether oxygens (including phenoxy) is 1. The fourth-order valence-corrected chi connectivity index (χ4v) is 1.85. The average molecular weight is 277 g/mol. The van der Waals surface area contributed by atoms with Crippen molar-refractivity contribution in [3.05, 3.63) is 29.3 Å². The van der Waals surface area contributed by atoms with Crippen LogP contribution in [-0.2, 0) is 6.54 Å². The van der Waals surface area contributed by atoms with Gasteiger partial charge in [-0.15, -0.1) is 5.10 Å². The Labute approximate surface area is 120 Å². The summed E-state index contributed by atoms with van der Waals surface area (Å²) in [6.45, 7) is 7.10. The lowest BCUT2D eigenvalue weighted by Crippen LogP contribution is -2.22. The molecule has 4 N–H and O–H groups in total. The molecule has 110 valence electrons. The molecule has 0 heterocycles. The highest BCUT2D eigenvalue weighted by molar-refractivity contribution is 5.82. The smallest absolute Gasteiger partial charge is 0.211 e. The lowest BCUT2D eigenvalue weighted by Gasteiger charge is -2.19. The minimum Gasteiger partial charge on any atom is -0.496 e. The van der Waals surface area contributed by atoms with Crippen LogP contribution in [0.15, 0.2) is 28.4 Å². The normalized spacial score (nSPS) is 11.0. The molecule has 20 heavy (non-hydrogen) atoms. The van der Waals surface area contributed by atoms with E-state index >= 15 is 0 Å². The van der Waals surface area contributed by atoms with Crippen LogP contribution in [0.25, 0.3) is 0 Å². The van der Waals surface area contributed by atoms with Gasteiger partial charge >= 0.3 is 0 Å². The molecule has 0 radical (unpaired) electrons. The van der Waals surface area contributed by atoms with Gasteiger partial charge in [-0.1, -0.05) is 13.8 Å². The van der Waals surface area contributed by atoms with E-state index in [4.69, 9.17) is 16.2 Å². The molecule has 0 spiro atoms. The van der Waals surface area contributed by atoms with E-state index in [1.54, 1.807) is 13.3 Å². The van der Waals surface area contributed by atoms with Crippen molar-refractivity contribution in [1.82, 2.24) is 4.90 Å². The summed E-state index contributed by atoms with van der Waals surface area (Å²) in [6.07, 6.45) is 1.62. The monoisotopic (exact) mass is 277 g/mol. The van der Waals surface area contributed by atoms with Crippen LogP contribution < -0.4 is 16.2 Å². The Kier molecular flexibility index (Phi) is 6.52. The molecule has 0 aliphatic rings. The second-order valence-corrected chi connectivity index (χ2v) is 4.30. The van der Waals surface area contributed by atoms with Crippen molar-refractivity contribution >= 4 is 12.2 Å². The average Bonchev–Trinajstić information content (AvgIpc) is 2.44. The minimum atomic E-state index is -0.0573. The van der Waals surface area contributed by atoms with Gasteiger partial charge in [0.1, 0.15) is 5.75 Å². The first kappa shape index (κ1) is 16.0. The van der Waals surface area contributed by atoms with Gasteiger partial charge in [-0.2, -0.15) is 5.10 Å². The molecule has 6 heteroatoms.